The quantitative estimate of drug-likeness (QED) is 0.891. The van der Waals surface area contributed by atoms with Crippen molar-refractivity contribution in [2.75, 3.05) is 6.54 Å². The maximum absolute atomic E-state index is 12.4. The number of rotatable bonds is 3. The van der Waals surface area contributed by atoms with Gasteiger partial charge in [0, 0.05) is 12.6 Å². The summed E-state index contributed by atoms with van der Waals surface area (Å²) < 4.78 is 30.9. The molecule has 1 saturated heterocycles. The number of sulfonamides is 1. The molecule has 0 unspecified atom stereocenters. The molecule has 0 saturated carbocycles. The van der Waals surface area contributed by atoms with Gasteiger partial charge in [0.15, 0.2) is 0 Å². The van der Waals surface area contributed by atoms with Crippen molar-refractivity contribution in [3.63, 3.8) is 0 Å². The van der Waals surface area contributed by atoms with E-state index in [0.717, 1.165) is 4.31 Å². The van der Waals surface area contributed by atoms with Crippen LogP contribution in [0.15, 0.2) is 21.6 Å². The van der Waals surface area contributed by atoms with E-state index in [1.165, 1.54) is 12.1 Å². The molecular formula is C12H14N2O5S. The van der Waals surface area contributed by atoms with Gasteiger partial charge in [0.2, 0.25) is 10.9 Å². The minimum absolute atomic E-state index is 0.0944. The normalized spacial score (nSPS) is 24.2. The Morgan fingerprint density at radius 3 is 2.80 bits per heavy atom. The summed E-state index contributed by atoms with van der Waals surface area (Å²) in [5, 5.41) is 17.5. The van der Waals surface area contributed by atoms with E-state index in [1.807, 2.05) is 0 Å². The number of carbonyl (C=O) groups is 1. The molecule has 20 heavy (non-hydrogen) atoms. The molecule has 2 heterocycles. The van der Waals surface area contributed by atoms with Crippen molar-refractivity contribution in [1.82, 2.24) is 4.31 Å². The molecule has 0 aromatic carbocycles. The first-order chi connectivity index (χ1) is 9.37. The van der Waals surface area contributed by atoms with Gasteiger partial charge in [-0.2, -0.15) is 9.57 Å². The average Bonchev–Trinajstić information content (AvgIpc) is 2.87. The van der Waals surface area contributed by atoms with Crippen LogP contribution in [0.5, 0.6) is 0 Å². The Labute approximate surface area is 116 Å². The Kier molecular flexibility index (Phi) is 3.83. The average molecular weight is 298 g/mol. The molecule has 8 heteroatoms. The van der Waals surface area contributed by atoms with Crippen LogP contribution in [0.3, 0.4) is 0 Å². The van der Waals surface area contributed by atoms with Gasteiger partial charge < -0.3 is 9.52 Å². The predicted molar refractivity (Wildman–Crippen MR) is 67.1 cm³/mol. The summed E-state index contributed by atoms with van der Waals surface area (Å²) in [6.45, 7) is 1.82. The number of hydrogen-bond donors (Lipinski definition) is 1. The summed E-state index contributed by atoms with van der Waals surface area (Å²) in [5.41, 5.74) is 0. The zero-order chi connectivity index (χ0) is 14.9. The topological polar surface area (TPSA) is 112 Å². The van der Waals surface area contributed by atoms with Crippen LogP contribution >= 0.6 is 0 Å². The highest BCUT2D eigenvalue weighted by atomic mass is 32.2. The molecule has 2 rings (SSSR count). The Balaban J connectivity index is 2.34. The third kappa shape index (κ3) is 2.42. The summed E-state index contributed by atoms with van der Waals surface area (Å²) in [5.74, 6) is -1.83. The van der Waals surface area contributed by atoms with Crippen LogP contribution in [0.1, 0.15) is 25.5 Å². The summed E-state index contributed by atoms with van der Waals surface area (Å²) in [6, 6.07) is 3.55. The van der Waals surface area contributed by atoms with Crippen molar-refractivity contribution < 1.29 is 22.7 Å². The number of nitriles is 1. The number of carboxylic acids is 1. The SMILES string of the molecule is C[C@@H]1[C@H](C(=O)O)CCCN1S(=O)(=O)c1ccc(C#N)o1. The van der Waals surface area contributed by atoms with Gasteiger partial charge in [-0.1, -0.05) is 0 Å². The molecule has 0 aliphatic carbocycles. The van der Waals surface area contributed by atoms with Crippen molar-refractivity contribution in [2.24, 2.45) is 5.92 Å². The van der Waals surface area contributed by atoms with E-state index in [4.69, 9.17) is 14.8 Å². The van der Waals surface area contributed by atoms with Gasteiger partial charge in [-0.3, -0.25) is 4.79 Å². The molecule has 1 aliphatic heterocycles. The van der Waals surface area contributed by atoms with E-state index in [1.54, 1.807) is 13.0 Å². The minimum atomic E-state index is -3.91. The Hall–Kier alpha value is -1.85. The highest BCUT2D eigenvalue weighted by Gasteiger charge is 2.40. The molecule has 108 valence electrons. The maximum atomic E-state index is 12.4. The van der Waals surface area contributed by atoms with Crippen LogP contribution in [-0.2, 0) is 14.8 Å². The number of furan rings is 1. The lowest BCUT2D eigenvalue weighted by Crippen LogP contribution is -2.48. The van der Waals surface area contributed by atoms with Crippen LogP contribution in [-0.4, -0.2) is 36.4 Å². The molecule has 0 bridgehead atoms. The lowest BCUT2D eigenvalue weighted by Gasteiger charge is -2.35. The maximum Gasteiger partial charge on any atom is 0.308 e. The lowest BCUT2D eigenvalue weighted by atomic mass is 9.92. The van der Waals surface area contributed by atoms with E-state index in [2.05, 4.69) is 0 Å². The van der Waals surface area contributed by atoms with Crippen LogP contribution < -0.4 is 0 Å². The first-order valence-electron chi connectivity index (χ1n) is 6.12. The molecular weight excluding hydrogens is 284 g/mol. The molecule has 1 N–H and O–H groups in total. The fraction of sp³-hybridized carbons (Fsp3) is 0.500. The van der Waals surface area contributed by atoms with Crippen molar-refractivity contribution >= 4 is 16.0 Å². The molecule has 7 nitrogen and oxygen atoms in total. The predicted octanol–water partition coefficient (Wildman–Crippen LogP) is 1.03. The second-order valence-corrected chi connectivity index (χ2v) is 6.50. The van der Waals surface area contributed by atoms with Gasteiger partial charge in [-0.25, -0.2) is 8.42 Å². The third-order valence-corrected chi connectivity index (χ3v) is 5.36. The van der Waals surface area contributed by atoms with Gasteiger partial charge in [0.05, 0.1) is 5.92 Å². The van der Waals surface area contributed by atoms with Crippen LogP contribution in [0.2, 0.25) is 0 Å². The molecule has 0 radical (unpaired) electrons. The second-order valence-electron chi connectivity index (χ2n) is 4.67. The first kappa shape index (κ1) is 14.6. The molecule has 0 amide bonds. The molecule has 2 atom stereocenters. The van der Waals surface area contributed by atoms with E-state index in [0.29, 0.717) is 12.8 Å². The number of carboxylic acid groups (broad SMARTS) is 1. The van der Waals surface area contributed by atoms with E-state index >= 15 is 0 Å². The monoisotopic (exact) mass is 298 g/mol. The first-order valence-corrected chi connectivity index (χ1v) is 7.56. The molecule has 1 fully saturated rings. The number of nitrogens with zero attached hydrogens (tertiary/aromatic N) is 2. The van der Waals surface area contributed by atoms with E-state index in [9.17, 15) is 13.2 Å². The van der Waals surface area contributed by atoms with Gasteiger partial charge in [0.25, 0.3) is 10.0 Å². The minimum Gasteiger partial charge on any atom is -0.481 e. The Morgan fingerprint density at radius 2 is 2.25 bits per heavy atom. The number of piperidine rings is 1. The zero-order valence-electron chi connectivity index (χ0n) is 10.8. The number of aliphatic carboxylic acids is 1. The van der Waals surface area contributed by atoms with Gasteiger partial charge >= 0.3 is 5.97 Å². The molecule has 1 aromatic heterocycles. The van der Waals surface area contributed by atoms with Crippen molar-refractivity contribution in [3.05, 3.63) is 17.9 Å². The van der Waals surface area contributed by atoms with E-state index in [-0.39, 0.29) is 17.4 Å². The van der Waals surface area contributed by atoms with E-state index < -0.39 is 28.0 Å². The third-order valence-electron chi connectivity index (χ3n) is 3.50. The highest BCUT2D eigenvalue weighted by molar-refractivity contribution is 7.89. The standard InChI is InChI=1S/C12H14N2O5S/c1-8-10(12(15)16)3-2-6-14(8)20(17,18)11-5-4-9(7-13)19-11/h4-5,8,10H,2-3,6H2,1H3,(H,15,16)/t8-,10-/m1/s1. The molecule has 1 aromatic rings. The Morgan fingerprint density at radius 1 is 1.55 bits per heavy atom. The largest absolute Gasteiger partial charge is 0.481 e. The fourth-order valence-electron chi connectivity index (χ4n) is 2.42. The summed E-state index contributed by atoms with van der Waals surface area (Å²) >= 11 is 0. The number of hydrogen-bond acceptors (Lipinski definition) is 5. The van der Waals surface area contributed by atoms with Crippen LogP contribution in [0, 0.1) is 17.2 Å². The molecule has 0 spiro atoms. The smallest absolute Gasteiger partial charge is 0.308 e. The van der Waals surface area contributed by atoms with Crippen molar-refractivity contribution in [2.45, 2.75) is 30.9 Å². The lowest BCUT2D eigenvalue weighted by molar-refractivity contribution is -0.144. The highest BCUT2D eigenvalue weighted by Crippen LogP contribution is 2.29. The van der Waals surface area contributed by atoms with Crippen molar-refractivity contribution in [3.8, 4) is 6.07 Å². The summed E-state index contributed by atoms with van der Waals surface area (Å²) in [6.07, 6.45) is 0.927. The van der Waals surface area contributed by atoms with Crippen LogP contribution in [0.25, 0.3) is 0 Å². The van der Waals surface area contributed by atoms with Gasteiger partial charge in [-0.05, 0) is 31.9 Å². The van der Waals surface area contributed by atoms with Crippen LogP contribution in [0.4, 0.5) is 0 Å². The summed E-state index contributed by atoms with van der Waals surface area (Å²) in [7, 11) is -3.91. The zero-order valence-corrected chi connectivity index (χ0v) is 11.6. The summed E-state index contributed by atoms with van der Waals surface area (Å²) in [4.78, 5) is 11.1. The Bertz CT molecular complexity index is 658. The van der Waals surface area contributed by atoms with Crippen molar-refractivity contribution in [1.29, 1.82) is 5.26 Å². The fourth-order valence-corrected chi connectivity index (χ4v) is 4.04. The second kappa shape index (κ2) is 5.26. The van der Waals surface area contributed by atoms with Gasteiger partial charge in [-0.15, -0.1) is 0 Å². The molecule has 1 aliphatic rings. The van der Waals surface area contributed by atoms with Gasteiger partial charge in [0.1, 0.15) is 6.07 Å².